The highest BCUT2D eigenvalue weighted by molar-refractivity contribution is 7.09. The van der Waals surface area contributed by atoms with Gasteiger partial charge in [0.05, 0.1) is 12.6 Å². The summed E-state index contributed by atoms with van der Waals surface area (Å²) in [4.78, 5) is 4.79. The first-order valence-electron chi connectivity index (χ1n) is 7.54. The van der Waals surface area contributed by atoms with Crippen molar-refractivity contribution in [1.29, 1.82) is 0 Å². The van der Waals surface area contributed by atoms with Crippen molar-refractivity contribution in [3.63, 3.8) is 0 Å². The van der Waals surface area contributed by atoms with Gasteiger partial charge in [-0.2, -0.15) is 0 Å². The quantitative estimate of drug-likeness (QED) is 0.936. The topological polar surface area (TPSA) is 34.2 Å². The Morgan fingerprint density at radius 1 is 1.43 bits per heavy atom. The van der Waals surface area contributed by atoms with E-state index in [2.05, 4.69) is 42.7 Å². The van der Waals surface area contributed by atoms with Crippen LogP contribution < -0.4 is 10.1 Å². The van der Waals surface area contributed by atoms with E-state index in [-0.39, 0.29) is 5.54 Å². The van der Waals surface area contributed by atoms with Crippen LogP contribution in [0.4, 0.5) is 0 Å². The minimum atomic E-state index is -0.131. The summed E-state index contributed by atoms with van der Waals surface area (Å²) in [6.07, 6.45) is 3.39. The molecule has 1 aliphatic carbocycles. The van der Waals surface area contributed by atoms with E-state index in [0.29, 0.717) is 0 Å². The lowest BCUT2D eigenvalue weighted by molar-refractivity contribution is 0.347. The van der Waals surface area contributed by atoms with E-state index in [1.54, 1.807) is 18.4 Å². The summed E-state index contributed by atoms with van der Waals surface area (Å²) >= 11 is 1.76. The third-order valence-corrected chi connectivity index (χ3v) is 5.35. The first-order valence-corrected chi connectivity index (χ1v) is 8.42. The fourth-order valence-corrected chi connectivity index (χ4v) is 4.35. The second-order valence-electron chi connectivity index (χ2n) is 5.61. The van der Waals surface area contributed by atoms with Gasteiger partial charge in [-0.15, -0.1) is 11.3 Å². The van der Waals surface area contributed by atoms with Crippen LogP contribution in [0.25, 0.3) is 0 Å². The van der Waals surface area contributed by atoms with Crippen LogP contribution >= 0.6 is 11.3 Å². The van der Waals surface area contributed by atoms with Crippen LogP contribution in [-0.2, 0) is 12.0 Å². The van der Waals surface area contributed by atoms with Crippen molar-refractivity contribution in [1.82, 2.24) is 10.3 Å². The first kappa shape index (κ1) is 14.5. The van der Waals surface area contributed by atoms with E-state index in [1.807, 2.05) is 0 Å². The van der Waals surface area contributed by atoms with E-state index in [4.69, 9.17) is 9.72 Å². The number of hydrogen-bond donors (Lipinski definition) is 1. The van der Waals surface area contributed by atoms with Crippen LogP contribution in [-0.4, -0.2) is 18.6 Å². The predicted molar refractivity (Wildman–Crippen MR) is 87.2 cm³/mol. The van der Waals surface area contributed by atoms with E-state index < -0.39 is 0 Å². The molecule has 1 aromatic heterocycles. The molecule has 1 atom stereocenters. The highest BCUT2D eigenvalue weighted by atomic mass is 32.1. The molecule has 0 fully saturated rings. The lowest BCUT2D eigenvalue weighted by Gasteiger charge is -2.38. The van der Waals surface area contributed by atoms with Gasteiger partial charge in [-0.05, 0) is 56.0 Å². The monoisotopic (exact) mass is 302 g/mol. The van der Waals surface area contributed by atoms with Crippen LogP contribution in [0.15, 0.2) is 23.6 Å². The van der Waals surface area contributed by atoms with Gasteiger partial charge >= 0.3 is 0 Å². The largest absolute Gasteiger partial charge is 0.497 e. The summed E-state index contributed by atoms with van der Waals surface area (Å²) in [6.45, 7) is 5.17. The number of aromatic nitrogens is 1. The van der Waals surface area contributed by atoms with Crippen LogP contribution in [0, 0.1) is 6.92 Å². The number of rotatable bonds is 4. The summed E-state index contributed by atoms with van der Waals surface area (Å²) in [7, 11) is 1.73. The molecule has 1 N–H and O–H groups in total. The lowest BCUT2D eigenvalue weighted by atomic mass is 9.76. The Balaban J connectivity index is 2.15. The summed E-state index contributed by atoms with van der Waals surface area (Å²) in [5, 5.41) is 7.06. The van der Waals surface area contributed by atoms with Crippen molar-refractivity contribution in [2.24, 2.45) is 0 Å². The Kier molecular flexibility index (Phi) is 4.00. The number of aryl methyl sites for hydroxylation is 2. The van der Waals surface area contributed by atoms with Crippen LogP contribution in [0.2, 0.25) is 0 Å². The Bertz CT molecular complexity index is 637. The third kappa shape index (κ3) is 2.47. The number of ether oxygens (including phenoxy) is 1. The van der Waals surface area contributed by atoms with Gasteiger partial charge in [0.25, 0.3) is 0 Å². The van der Waals surface area contributed by atoms with Crippen molar-refractivity contribution < 1.29 is 4.74 Å². The van der Waals surface area contributed by atoms with Crippen molar-refractivity contribution in [2.45, 2.75) is 38.6 Å². The van der Waals surface area contributed by atoms with Crippen molar-refractivity contribution >= 4 is 11.3 Å². The second-order valence-corrected chi connectivity index (χ2v) is 6.46. The third-order valence-electron chi connectivity index (χ3n) is 4.23. The van der Waals surface area contributed by atoms with Crippen molar-refractivity contribution in [2.75, 3.05) is 13.7 Å². The standard InChI is InChI=1S/C17H22N2OS/c1-4-18-17(16-19-12(2)11-21-16)9-5-6-13-10-14(20-3)7-8-15(13)17/h7-8,10-11,18H,4-6,9H2,1-3H3. The number of fused-ring (bicyclic) bond motifs is 1. The maximum absolute atomic E-state index is 5.38. The highest BCUT2D eigenvalue weighted by Crippen LogP contribution is 2.42. The predicted octanol–water partition coefficient (Wildman–Crippen LogP) is 3.65. The maximum Gasteiger partial charge on any atom is 0.119 e. The van der Waals surface area contributed by atoms with Gasteiger partial charge in [-0.25, -0.2) is 4.98 Å². The van der Waals surface area contributed by atoms with Crippen molar-refractivity contribution in [3.05, 3.63) is 45.4 Å². The summed E-state index contributed by atoms with van der Waals surface area (Å²) in [5.74, 6) is 0.941. The van der Waals surface area contributed by atoms with E-state index in [9.17, 15) is 0 Å². The molecule has 0 saturated heterocycles. The summed E-state index contributed by atoms with van der Waals surface area (Å²) in [6, 6.07) is 6.46. The molecule has 4 heteroatoms. The number of nitrogens with zero attached hydrogens (tertiary/aromatic N) is 1. The van der Waals surface area contributed by atoms with Gasteiger partial charge in [0, 0.05) is 11.1 Å². The lowest BCUT2D eigenvalue weighted by Crippen LogP contribution is -2.45. The second kappa shape index (κ2) is 5.78. The zero-order chi connectivity index (χ0) is 14.9. The molecule has 1 aliphatic rings. The number of thiazole rings is 1. The highest BCUT2D eigenvalue weighted by Gasteiger charge is 2.40. The van der Waals surface area contributed by atoms with Crippen LogP contribution in [0.5, 0.6) is 5.75 Å². The van der Waals surface area contributed by atoms with Gasteiger partial charge in [0.2, 0.25) is 0 Å². The molecular formula is C17H22N2OS. The molecule has 1 heterocycles. The van der Waals surface area contributed by atoms with E-state index in [0.717, 1.165) is 30.8 Å². The average Bonchev–Trinajstić information content (AvgIpc) is 2.94. The molecule has 3 rings (SSSR count). The normalized spacial score (nSPS) is 21.1. The molecular weight excluding hydrogens is 280 g/mol. The molecule has 112 valence electrons. The molecule has 0 bridgehead atoms. The molecule has 3 nitrogen and oxygen atoms in total. The molecule has 1 unspecified atom stereocenters. The van der Waals surface area contributed by atoms with Crippen molar-refractivity contribution in [3.8, 4) is 5.75 Å². The average molecular weight is 302 g/mol. The van der Waals surface area contributed by atoms with Gasteiger partial charge < -0.3 is 10.1 Å². The smallest absolute Gasteiger partial charge is 0.119 e. The van der Waals surface area contributed by atoms with Gasteiger partial charge in [-0.1, -0.05) is 13.0 Å². The SMILES string of the molecule is CCNC1(c2nc(C)cs2)CCCc2cc(OC)ccc21. The Morgan fingerprint density at radius 3 is 2.95 bits per heavy atom. The van der Waals surface area contributed by atoms with Gasteiger partial charge in [0.1, 0.15) is 10.8 Å². The molecule has 0 amide bonds. The molecule has 1 aromatic carbocycles. The summed E-state index contributed by atoms with van der Waals surface area (Å²) in [5.41, 5.74) is 3.72. The molecule has 21 heavy (non-hydrogen) atoms. The number of benzene rings is 1. The fraction of sp³-hybridized carbons (Fsp3) is 0.471. The fourth-order valence-electron chi connectivity index (χ4n) is 3.33. The summed E-state index contributed by atoms with van der Waals surface area (Å²) < 4.78 is 5.38. The Labute approximate surface area is 130 Å². The Hall–Kier alpha value is -1.39. The zero-order valence-electron chi connectivity index (χ0n) is 12.9. The molecule has 2 aromatic rings. The van der Waals surface area contributed by atoms with E-state index >= 15 is 0 Å². The van der Waals surface area contributed by atoms with E-state index in [1.165, 1.54) is 22.6 Å². The minimum Gasteiger partial charge on any atom is -0.497 e. The molecule has 0 saturated carbocycles. The molecule has 0 spiro atoms. The number of hydrogen-bond acceptors (Lipinski definition) is 4. The number of nitrogens with one attached hydrogen (secondary N) is 1. The minimum absolute atomic E-state index is 0.131. The molecule has 0 radical (unpaired) electrons. The number of methoxy groups -OCH3 is 1. The first-order chi connectivity index (χ1) is 10.2. The zero-order valence-corrected chi connectivity index (χ0v) is 13.7. The molecule has 0 aliphatic heterocycles. The van der Waals surface area contributed by atoms with Crippen LogP contribution in [0.1, 0.15) is 41.6 Å². The van der Waals surface area contributed by atoms with Gasteiger partial charge in [0.15, 0.2) is 0 Å². The van der Waals surface area contributed by atoms with Gasteiger partial charge in [-0.3, -0.25) is 0 Å². The van der Waals surface area contributed by atoms with Crippen LogP contribution in [0.3, 0.4) is 0 Å². The Morgan fingerprint density at radius 2 is 2.29 bits per heavy atom. The maximum atomic E-state index is 5.38.